The molecule has 0 atom stereocenters. The van der Waals surface area contributed by atoms with Crippen molar-refractivity contribution in [3.05, 3.63) is 64.9 Å². The van der Waals surface area contributed by atoms with Crippen LogP contribution in [-0.2, 0) is 14.7 Å². The third-order valence-electron chi connectivity index (χ3n) is 6.25. The van der Waals surface area contributed by atoms with E-state index >= 15 is 0 Å². The Bertz CT molecular complexity index is 1450. The number of nitrogens with zero attached hydrogens (tertiary/aromatic N) is 1. The van der Waals surface area contributed by atoms with Crippen molar-refractivity contribution in [2.75, 3.05) is 30.8 Å². The lowest BCUT2D eigenvalue weighted by molar-refractivity contribution is 0.0964. The standard InChI is InChI=1S/C24H24BFN2O6S/c1-27-24(29)22-19-9-18(15-3-4-15)20(28(35(2,31)32)12-14-11-25(30)33-13-14)10-21(19)34-23(22)16-5-7-17(26)8-6-16/h5-11,15,30H,3-4,12-13H2,1-2H3,(H,27,29). The van der Waals surface area contributed by atoms with Gasteiger partial charge >= 0.3 is 7.12 Å². The quantitative estimate of drug-likeness (QED) is 0.485. The van der Waals surface area contributed by atoms with Crippen molar-refractivity contribution < 1.29 is 31.7 Å². The van der Waals surface area contributed by atoms with Crippen LogP contribution in [0.3, 0.4) is 0 Å². The zero-order valence-corrected chi connectivity index (χ0v) is 20.1. The summed E-state index contributed by atoms with van der Waals surface area (Å²) in [6, 6.07) is 9.11. The van der Waals surface area contributed by atoms with Crippen molar-refractivity contribution in [2.45, 2.75) is 18.8 Å². The molecular formula is C24H24BFN2O6S. The van der Waals surface area contributed by atoms with Crippen LogP contribution in [0.25, 0.3) is 22.3 Å². The molecule has 8 nitrogen and oxygen atoms in total. The second-order valence-electron chi connectivity index (χ2n) is 8.87. The molecule has 35 heavy (non-hydrogen) atoms. The molecule has 1 aromatic heterocycles. The van der Waals surface area contributed by atoms with E-state index in [0.717, 1.165) is 24.7 Å². The van der Waals surface area contributed by atoms with Gasteiger partial charge in [0.15, 0.2) is 0 Å². The molecule has 0 bridgehead atoms. The van der Waals surface area contributed by atoms with Gasteiger partial charge in [-0.05, 0) is 60.2 Å². The van der Waals surface area contributed by atoms with Crippen molar-refractivity contribution in [3.8, 4) is 11.3 Å². The van der Waals surface area contributed by atoms with E-state index in [1.54, 1.807) is 6.07 Å². The van der Waals surface area contributed by atoms with Gasteiger partial charge in [-0.1, -0.05) is 5.98 Å². The number of furan rings is 1. The van der Waals surface area contributed by atoms with Crippen LogP contribution >= 0.6 is 0 Å². The summed E-state index contributed by atoms with van der Waals surface area (Å²) < 4.78 is 51.8. The number of anilines is 1. The first-order valence-electron chi connectivity index (χ1n) is 11.2. The highest BCUT2D eigenvalue weighted by molar-refractivity contribution is 7.92. The number of fused-ring (bicyclic) bond motifs is 1. The van der Waals surface area contributed by atoms with E-state index < -0.39 is 23.0 Å². The first-order valence-corrected chi connectivity index (χ1v) is 13.1. The van der Waals surface area contributed by atoms with Crippen LogP contribution in [0.4, 0.5) is 10.1 Å². The topological polar surface area (TPSA) is 109 Å². The van der Waals surface area contributed by atoms with E-state index in [-0.39, 0.29) is 30.7 Å². The van der Waals surface area contributed by atoms with Crippen molar-refractivity contribution in [1.82, 2.24) is 5.32 Å². The predicted octanol–water partition coefficient (Wildman–Crippen LogP) is 3.22. The zero-order chi connectivity index (χ0) is 24.9. The Morgan fingerprint density at radius 2 is 1.97 bits per heavy atom. The molecule has 5 rings (SSSR count). The van der Waals surface area contributed by atoms with Crippen molar-refractivity contribution in [3.63, 3.8) is 0 Å². The van der Waals surface area contributed by atoms with Gasteiger partial charge in [0.2, 0.25) is 10.0 Å². The molecule has 0 spiro atoms. The van der Waals surface area contributed by atoms with Crippen LogP contribution in [0, 0.1) is 5.82 Å². The molecule has 3 aromatic rings. The molecule has 2 heterocycles. The van der Waals surface area contributed by atoms with Gasteiger partial charge in [-0.3, -0.25) is 9.10 Å². The molecule has 1 aliphatic heterocycles. The van der Waals surface area contributed by atoms with Gasteiger partial charge in [0.1, 0.15) is 17.2 Å². The molecule has 0 saturated heterocycles. The highest BCUT2D eigenvalue weighted by atomic mass is 32.2. The Labute approximate surface area is 202 Å². The van der Waals surface area contributed by atoms with E-state index in [9.17, 15) is 22.6 Å². The molecule has 0 unspecified atom stereocenters. The fourth-order valence-corrected chi connectivity index (χ4v) is 5.31. The summed E-state index contributed by atoms with van der Waals surface area (Å²) in [5.41, 5.74) is 3.09. The summed E-state index contributed by atoms with van der Waals surface area (Å²) in [6.45, 7) is 0.152. The van der Waals surface area contributed by atoms with Crippen molar-refractivity contribution in [2.24, 2.45) is 0 Å². The van der Waals surface area contributed by atoms with E-state index in [0.29, 0.717) is 33.4 Å². The number of carbonyl (C=O) groups is 1. The van der Waals surface area contributed by atoms with Gasteiger partial charge in [-0.25, -0.2) is 12.8 Å². The molecule has 2 aliphatic rings. The SMILES string of the molecule is CNC(=O)c1c(-c2ccc(F)cc2)oc2cc(N(CC3=CB(O)OC3)S(C)(=O)=O)c(C3CC3)cc12. The normalized spacial score (nSPS) is 16.0. The van der Waals surface area contributed by atoms with Crippen LogP contribution in [0.15, 0.2) is 52.4 Å². The molecule has 1 fully saturated rings. The van der Waals surface area contributed by atoms with Gasteiger partial charge in [-0.2, -0.15) is 0 Å². The fraction of sp³-hybridized carbons (Fsp3) is 0.292. The second kappa shape index (κ2) is 8.82. The monoisotopic (exact) mass is 498 g/mol. The fourth-order valence-electron chi connectivity index (χ4n) is 4.40. The first-order chi connectivity index (χ1) is 16.7. The third kappa shape index (κ3) is 4.58. The molecule has 1 saturated carbocycles. The summed E-state index contributed by atoms with van der Waals surface area (Å²) in [4.78, 5) is 12.9. The summed E-state index contributed by atoms with van der Waals surface area (Å²) in [7, 11) is -3.25. The third-order valence-corrected chi connectivity index (χ3v) is 7.37. The van der Waals surface area contributed by atoms with Gasteiger partial charge in [-0.15, -0.1) is 0 Å². The molecule has 11 heteroatoms. The van der Waals surface area contributed by atoms with E-state index in [1.165, 1.54) is 41.6 Å². The van der Waals surface area contributed by atoms with E-state index in [4.69, 9.17) is 9.07 Å². The second-order valence-corrected chi connectivity index (χ2v) is 10.8. The minimum Gasteiger partial charge on any atom is -0.455 e. The largest absolute Gasteiger partial charge is 0.483 e. The smallest absolute Gasteiger partial charge is 0.455 e. The minimum absolute atomic E-state index is 0.0228. The lowest BCUT2D eigenvalue weighted by atomic mass is 9.91. The predicted molar refractivity (Wildman–Crippen MR) is 131 cm³/mol. The maximum absolute atomic E-state index is 13.5. The molecule has 2 N–H and O–H groups in total. The van der Waals surface area contributed by atoms with Crippen molar-refractivity contribution >= 4 is 39.7 Å². The lowest BCUT2D eigenvalue weighted by Crippen LogP contribution is -2.33. The average Bonchev–Trinajstić information content (AvgIpc) is 3.47. The number of hydrogen-bond acceptors (Lipinski definition) is 6. The maximum atomic E-state index is 13.5. The van der Waals surface area contributed by atoms with Crippen LogP contribution in [0.5, 0.6) is 0 Å². The Morgan fingerprint density at radius 1 is 1.26 bits per heavy atom. The zero-order valence-electron chi connectivity index (χ0n) is 19.2. The average molecular weight is 498 g/mol. The molecular weight excluding hydrogens is 474 g/mol. The number of halogens is 1. The minimum atomic E-state index is -3.71. The van der Waals surface area contributed by atoms with Crippen LogP contribution in [0.2, 0.25) is 0 Å². The van der Waals surface area contributed by atoms with E-state index in [1.807, 2.05) is 6.07 Å². The number of sulfonamides is 1. The Balaban J connectivity index is 1.71. The van der Waals surface area contributed by atoms with Gasteiger partial charge in [0.25, 0.3) is 5.91 Å². The summed E-state index contributed by atoms with van der Waals surface area (Å²) >= 11 is 0. The lowest BCUT2D eigenvalue weighted by Gasteiger charge is -2.25. The number of rotatable bonds is 7. The van der Waals surface area contributed by atoms with Crippen molar-refractivity contribution in [1.29, 1.82) is 0 Å². The molecule has 2 aromatic carbocycles. The van der Waals surface area contributed by atoms with Crippen LogP contribution in [0.1, 0.15) is 34.7 Å². The maximum Gasteiger partial charge on any atom is 0.483 e. The number of nitrogens with one attached hydrogen (secondary N) is 1. The summed E-state index contributed by atoms with van der Waals surface area (Å²) in [5, 5.41) is 12.9. The molecule has 1 aliphatic carbocycles. The number of hydrogen-bond donors (Lipinski definition) is 2. The van der Waals surface area contributed by atoms with Gasteiger partial charge < -0.3 is 19.4 Å². The number of benzene rings is 2. The van der Waals surface area contributed by atoms with Crippen LogP contribution < -0.4 is 9.62 Å². The number of carbonyl (C=O) groups excluding carboxylic acids is 1. The Hall–Kier alpha value is -3.15. The van der Waals surface area contributed by atoms with Gasteiger partial charge in [0.05, 0.1) is 30.7 Å². The molecule has 182 valence electrons. The summed E-state index contributed by atoms with van der Waals surface area (Å²) in [6.07, 6.45) is 2.93. The Kier molecular flexibility index (Phi) is 5.94. The Morgan fingerprint density at radius 3 is 2.54 bits per heavy atom. The van der Waals surface area contributed by atoms with Gasteiger partial charge in [0, 0.05) is 24.1 Å². The van der Waals surface area contributed by atoms with Crippen LogP contribution in [-0.4, -0.2) is 52.9 Å². The summed E-state index contributed by atoms with van der Waals surface area (Å²) in [5.74, 6) is 1.15. The molecule has 1 amide bonds. The first kappa shape index (κ1) is 23.6. The van der Waals surface area contributed by atoms with E-state index in [2.05, 4.69) is 5.32 Å². The highest BCUT2D eigenvalue weighted by Gasteiger charge is 2.34. The highest BCUT2D eigenvalue weighted by Crippen LogP contribution is 2.48. The number of amides is 1. The molecule has 0 radical (unpaired) electrons.